The van der Waals surface area contributed by atoms with E-state index in [1.165, 1.54) is 0 Å². The molecule has 1 saturated heterocycles. The molecule has 3 aliphatic rings. The van der Waals surface area contributed by atoms with E-state index in [4.69, 9.17) is 19.9 Å². The predicted octanol–water partition coefficient (Wildman–Crippen LogP) is 1.91. The molecule has 1 atom stereocenters. The molecule has 2 N–H and O–H groups in total. The highest BCUT2D eigenvalue weighted by Gasteiger charge is 2.66. The first-order valence-electron chi connectivity index (χ1n) is 6.31. The van der Waals surface area contributed by atoms with Gasteiger partial charge in [0.05, 0.1) is 13.2 Å². The molecule has 0 radical (unpaired) electrons. The topological polar surface area (TPSA) is 66.1 Å². The molecule has 5 nitrogen and oxygen atoms in total. The molecule has 0 unspecified atom stereocenters. The fraction of sp³-hybridized carbons (Fsp3) is 0.357. The molecule has 0 saturated carbocycles. The summed E-state index contributed by atoms with van der Waals surface area (Å²) in [7, 11) is 0. The molecule has 2 spiro atoms. The number of nitrogens with zero attached hydrogens (tertiary/aromatic N) is 1. The maximum atomic E-state index is 5.91. The van der Waals surface area contributed by atoms with Crippen LogP contribution in [0.25, 0.3) is 0 Å². The smallest absolute Gasteiger partial charge is 0.283 e. The zero-order valence-electron chi connectivity index (χ0n) is 10.7. The zero-order chi connectivity index (χ0) is 14.0. The normalized spacial score (nSPS) is 29.4. The molecule has 1 fully saturated rings. The summed E-state index contributed by atoms with van der Waals surface area (Å²) in [4.78, 5) is 4.62. The minimum Gasteiger partial charge on any atom is -0.462 e. The summed E-state index contributed by atoms with van der Waals surface area (Å²) in [5.41, 5.74) is 5.74. The Morgan fingerprint density at radius 2 is 2.10 bits per heavy atom. The molecule has 0 bridgehead atoms. The van der Waals surface area contributed by atoms with Gasteiger partial charge in [-0.05, 0) is 18.2 Å². The molecular formula is C14H13BrN2O3. The first kappa shape index (κ1) is 12.2. The van der Waals surface area contributed by atoms with Gasteiger partial charge in [0.25, 0.3) is 6.02 Å². The molecule has 104 valence electrons. The number of rotatable bonds is 0. The van der Waals surface area contributed by atoms with E-state index in [9.17, 15) is 0 Å². The van der Waals surface area contributed by atoms with Gasteiger partial charge in [0.2, 0.25) is 0 Å². The molecule has 1 aromatic rings. The van der Waals surface area contributed by atoms with E-state index in [0.717, 1.165) is 15.8 Å². The van der Waals surface area contributed by atoms with Crippen molar-refractivity contribution >= 4 is 22.0 Å². The molecule has 0 aliphatic carbocycles. The van der Waals surface area contributed by atoms with Crippen LogP contribution in [0.2, 0.25) is 0 Å². The van der Waals surface area contributed by atoms with Crippen molar-refractivity contribution in [1.29, 1.82) is 0 Å². The van der Waals surface area contributed by atoms with Crippen LogP contribution in [0.15, 0.2) is 40.0 Å². The minimum absolute atomic E-state index is 0.205. The first-order valence-corrected chi connectivity index (χ1v) is 7.10. The highest BCUT2D eigenvalue weighted by molar-refractivity contribution is 9.10. The summed E-state index contributed by atoms with van der Waals surface area (Å²) in [5.74, 6) is 1.42. The average Bonchev–Trinajstić information content (AvgIpc) is 2.72. The molecule has 6 heteroatoms. The van der Waals surface area contributed by atoms with Crippen LogP contribution in [0, 0.1) is 5.41 Å². The molecule has 3 heterocycles. The van der Waals surface area contributed by atoms with Crippen LogP contribution < -0.4 is 10.5 Å². The van der Waals surface area contributed by atoms with E-state index in [0.29, 0.717) is 25.6 Å². The number of fused-ring (bicyclic) bond motifs is 3. The lowest BCUT2D eigenvalue weighted by Crippen LogP contribution is -2.61. The standard InChI is InChI=1S/C14H13BrN2O3/c1-8-13(5-18-6-13)14(7-19-12(16)17-14)10-4-9(15)2-3-11(10)20-8/h2-4H,1,5-7H2,(H2,16,17)/t14-/m0/s1. The largest absolute Gasteiger partial charge is 0.462 e. The van der Waals surface area contributed by atoms with E-state index in [2.05, 4.69) is 27.5 Å². The van der Waals surface area contributed by atoms with E-state index in [-0.39, 0.29) is 6.02 Å². The van der Waals surface area contributed by atoms with Gasteiger partial charge >= 0.3 is 0 Å². The highest BCUT2D eigenvalue weighted by atomic mass is 79.9. The predicted molar refractivity (Wildman–Crippen MR) is 76.4 cm³/mol. The van der Waals surface area contributed by atoms with Gasteiger partial charge in [0.15, 0.2) is 0 Å². The second kappa shape index (κ2) is 3.77. The lowest BCUT2D eigenvalue weighted by Gasteiger charge is -2.54. The fourth-order valence-electron chi connectivity index (χ4n) is 3.15. The Hall–Kier alpha value is -1.53. The Morgan fingerprint density at radius 3 is 2.70 bits per heavy atom. The molecule has 3 aliphatic heterocycles. The first-order chi connectivity index (χ1) is 9.57. The van der Waals surface area contributed by atoms with Crippen molar-refractivity contribution in [1.82, 2.24) is 0 Å². The number of amidine groups is 1. The molecule has 0 amide bonds. The van der Waals surface area contributed by atoms with Crippen molar-refractivity contribution in [3.8, 4) is 5.75 Å². The number of hydrogen-bond acceptors (Lipinski definition) is 5. The van der Waals surface area contributed by atoms with Gasteiger partial charge < -0.3 is 19.9 Å². The third-order valence-electron chi connectivity index (χ3n) is 4.37. The van der Waals surface area contributed by atoms with Gasteiger partial charge in [-0.2, -0.15) is 0 Å². The van der Waals surface area contributed by atoms with Gasteiger partial charge in [-0.3, -0.25) is 0 Å². The van der Waals surface area contributed by atoms with Crippen LogP contribution in [-0.2, 0) is 15.0 Å². The monoisotopic (exact) mass is 336 g/mol. The Labute approximate surface area is 124 Å². The van der Waals surface area contributed by atoms with Crippen LogP contribution in [-0.4, -0.2) is 25.8 Å². The van der Waals surface area contributed by atoms with Crippen molar-refractivity contribution in [3.63, 3.8) is 0 Å². The molecule has 1 aromatic carbocycles. The minimum atomic E-state index is -0.607. The number of hydrogen-bond donors (Lipinski definition) is 1. The third kappa shape index (κ3) is 1.28. The number of ether oxygens (including phenoxy) is 3. The summed E-state index contributed by atoms with van der Waals surface area (Å²) in [6.07, 6.45) is 0. The fourth-order valence-corrected chi connectivity index (χ4v) is 3.51. The zero-order valence-corrected chi connectivity index (χ0v) is 12.3. The number of halogens is 1. The van der Waals surface area contributed by atoms with E-state index < -0.39 is 11.0 Å². The Kier molecular flexibility index (Phi) is 2.30. The van der Waals surface area contributed by atoms with E-state index in [1.54, 1.807) is 0 Å². The Balaban J connectivity index is 2.00. The SMILES string of the molecule is C=C1Oc2ccc(Br)cc2[C@@]2(COC(N)=N2)C12COC2. The van der Waals surface area contributed by atoms with Crippen molar-refractivity contribution < 1.29 is 14.2 Å². The summed E-state index contributed by atoms with van der Waals surface area (Å²) >= 11 is 3.50. The maximum absolute atomic E-state index is 5.91. The molecule has 20 heavy (non-hydrogen) atoms. The van der Waals surface area contributed by atoms with Gasteiger partial charge in [-0.1, -0.05) is 22.5 Å². The lowest BCUT2D eigenvalue weighted by molar-refractivity contribution is -0.157. The van der Waals surface area contributed by atoms with Crippen molar-refractivity contribution in [3.05, 3.63) is 40.6 Å². The van der Waals surface area contributed by atoms with Gasteiger partial charge in [-0.15, -0.1) is 0 Å². The van der Waals surface area contributed by atoms with Crippen LogP contribution >= 0.6 is 15.9 Å². The van der Waals surface area contributed by atoms with Gasteiger partial charge in [0.1, 0.15) is 29.1 Å². The molecule has 0 aromatic heterocycles. The molecular weight excluding hydrogens is 324 g/mol. The summed E-state index contributed by atoms with van der Waals surface area (Å²) in [6, 6.07) is 6.05. The second-order valence-electron chi connectivity index (χ2n) is 5.34. The van der Waals surface area contributed by atoms with Crippen molar-refractivity contribution in [2.24, 2.45) is 16.1 Å². The number of nitrogens with two attached hydrogens (primary N) is 1. The maximum Gasteiger partial charge on any atom is 0.283 e. The van der Waals surface area contributed by atoms with E-state index in [1.807, 2.05) is 18.2 Å². The number of aliphatic imine (C=N–C) groups is 1. The van der Waals surface area contributed by atoms with Crippen molar-refractivity contribution in [2.45, 2.75) is 5.54 Å². The van der Waals surface area contributed by atoms with Gasteiger partial charge in [0, 0.05) is 10.0 Å². The third-order valence-corrected chi connectivity index (χ3v) is 4.87. The second-order valence-corrected chi connectivity index (χ2v) is 6.26. The quantitative estimate of drug-likeness (QED) is 0.785. The van der Waals surface area contributed by atoms with Gasteiger partial charge in [-0.25, -0.2) is 4.99 Å². The highest BCUT2D eigenvalue weighted by Crippen LogP contribution is 2.59. The van der Waals surface area contributed by atoms with E-state index >= 15 is 0 Å². The number of benzene rings is 1. The van der Waals surface area contributed by atoms with Crippen LogP contribution in [0.4, 0.5) is 0 Å². The molecule has 4 rings (SSSR count). The lowest BCUT2D eigenvalue weighted by atomic mass is 9.62. The van der Waals surface area contributed by atoms with Crippen LogP contribution in [0.1, 0.15) is 5.56 Å². The summed E-state index contributed by atoms with van der Waals surface area (Å²) in [6.45, 7) is 5.48. The summed E-state index contributed by atoms with van der Waals surface area (Å²) < 4.78 is 17.8. The van der Waals surface area contributed by atoms with Crippen LogP contribution in [0.5, 0.6) is 5.75 Å². The van der Waals surface area contributed by atoms with Crippen molar-refractivity contribution in [2.75, 3.05) is 19.8 Å². The Morgan fingerprint density at radius 1 is 1.30 bits per heavy atom. The Bertz CT molecular complexity index is 654. The van der Waals surface area contributed by atoms with Crippen LogP contribution in [0.3, 0.4) is 0 Å². The summed E-state index contributed by atoms with van der Waals surface area (Å²) in [5, 5.41) is 0. The average molecular weight is 337 g/mol.